The fourth-order valence-corrected chi connectivity index (χ4v) is 1.06. The van der Waals surface area contributed by atoms with Gasteiger partial charge in [-0.1, -0.05) is 18.2 Å². The number of methoxy groups -OCH3 is 1. The van der Waals surface area contributed by atoms with Crippen LogP contribution < -0.4 is 0 Å². The normalized spacial score (nSPS) is 8.64. The smallest absolute Gasteiger partial charge is 0.337 e. The molecular formula is C11H13BrO2. The first-order valence-corrected chi connectivity index (χ1v) is 4.06. The second-order valence-corrected chi connectivity index (χ2v) is 2.68. The molecule has 0 aliphatic carbocycles. The summed E-state index contributed by atoms with van der Waals surface area (Å²) >= 11 is 0. The van der Waals surface area contributed by atoms with E-state index in [0.29, 0.717) is 5.56 Å². The fraction of sp³-hybridized carbons (Fsp3) is 0.182. The molecule has 0 bridgehead atoms. The van der Waals surface area contributed by atoms with Gasteiger partial charge in [0.25, 0.3) is 0 Å². The lowest BCUT2D eigenvalue weighted by Gasteiger charge is -2.00. The zero-order valence-corrected chi connectivity index (χ0v) is 9.74. The molecule has 3 heteroatoms. The van der Waals surface area contributed by atoms with Gasteiger partial charge in [0.1, 0.15) is 0 Å². The number of benzene rings is 1. The molecule has 0 aromatic heterocycles. The molecule has 0 spiro atoms. The quantitative estimate of drug-likeness (QED) is 0.614. The van der Waals surface area contributed by atoms with Crippen molar-refractivity contribution in [1.29, 1.82) is 0 Å². The first-order valence-electron chi connectivity index (χ1n) is 4.06. The third-order valence-electron chi connectivity index (χ3n) is 1.76. The SMILES string of the molecule is Br.C=CCc1ccc(C(=O)OC)cc1. The number of esters is 1. The van der Waals surface area contributed by atoms with E-state index in [1.165, 1.54) is 7.11 Å². The van der Waals surface area contributed by atoms with Gasteiger partial charge in [-0.2, -0.15) is 0 Å². The van der Waals surface area contributed by atoms with Crippen LogP contribution in [-0.4, -0.2) is 13.1 Å². The summed E-state index contributed by atoms with van der Waals surface area (Å²) in [6.07, 6.45) is 2.65. The van der Waals surface area contributed by atoms with E-state index in [9.17, 15) is 4.79 Å². The number of rotatable bonds is 3. The number of hydrogen-bond donors (Lipinski definition) is 0. The van der Waals surface area contributed by atoms with Gasteiger partial charge >= 0.3 is 5.97 Å². The number of carbonyl (C=O) groups excluding carboxylic acids is 1. The maximum Gasteiger partial charge on any atom is 0.337 e. The Morgan fingerprint density at radius 3 is 2.43 bits per heavy atom. The minimum Gasteiger partial charge on any atom is -0.465 e. The zero-order chi connectivity index (χ0) is 9.68. The van der Waals surface area contributed by atoms with Gasteiger partial charge in [-0.3, -0.25) is 0 Å². The summed E-state index contributed by atoms with van der Waals surface area (Å²) in [4.78, 5) is 11.0. The van der Waals surface area contributed by atoms with Crippen molar-refractivity contribution in [2.45, 2.75) is 6.42 Å². The molecule has 0 saturated carbocycles. The standard InChI is InChI=1S/C11H12O2.BrH/c1-3-4-9-5-7-10(8-6-9)11(12)13-2;/h3,5-8H,1,4H2,2H3;1H. The average Bonchev–Trinajstić information content (AvgIpc) is 2.18. The second-order valence-electron chi connectivity index (χ2n) is 2.68. The summed E-state index contributed by atoms with van der Waals surface area (Å²) in [5, 5.41) is 0. The van der Waals surface area contributed by atoms with Crippen molar-refractivity contribution >= 4 is 23.0 Å². The van der Waals surface area contributed by atoms with E-state index in [1.54, 1.807) is 12.1 Å². The van der Waals surface area contributed by atoms with E-state index in [-0.39, 0.29) is 23.0 Å². The molecule has 14 heavy (non-hydrogen) atoms. The summed E-state index contributed by atoms with van der Waals surface area (Å²) in [6.45, 7) is 3.64. The van der Waals surface area contributed by atoms with Crippen molar-refractivity contribution < 1.29 is 9.53 Å². The Hall–Kier alpha value is -1.09. The molecule has 0 saturated heterocycles. The van der Waals surface area contributed by atoms with Gasteiger partial charge < -0.3 is 4.74 Å². The van der Waals surface area contributed by atoms with Gasteiger partial charge in [-0.05, 0) is 24.1 Å². The van der Waals surface area contributed by atoms with Crippen LogP contribution in [0.15, 0.2) is 36.9 Å². The highest BCUT2D eigenvalue weighted by Gasteiger charge is 2.02. The predicted octanol–water partition coefficient (Wildman–Crippen LogP) is 2.78. The van der Waals surface area contributed by atoms with E-state index in [0.717, 1.165) is 12.0 Å². The number of allylic oxidation sites excluding steroid dienone is 1. The van der Waals surface area contributed by atoms with Crippen LogP contribution in [0.3, 0.4) is 0 Å². The zero-order valence-electron chi connectivity index (χ0n) is 8.03. The number of halogens is 1. The Labute approximate surface area is 94.4 Å². The Balaban J connectivity index is 0.00000169. The first-order chi connectivity index (χ1) is 6.27. The molecule has 0 aliphatic rings. The highest BCUT2D eigenvalue weighted by atomic mass is 79.9. The molecule has 0 aliphatic heterocycles. The van der Waals surface area contributed by atoms with Crippen molar-refractivity contribution in [3.05, 3.63) is 48.0 Å². The molecule has 2 nitrogen and oxygen atoms in total. The molecule has 0 unspecified atom stereocenters. The topological polar surface area (TPSA) is 26.3 Å². The average molecular weight is 257 g/mol. The largest absolute Gasteiger partial charge is 0.465 e. The summed E-state index contributed by atoms with van der Waals surface area (Å²) in [7, 11) is 1.37. The van der Waals surface area contributed by atoms with E-state index in [2.05, 4.69) is 11.3 Å². The van der Waals surface area contributed by atoms with Crippen LogP contribution in [0, 0.1) is 0 Å². The van der Waals surface area contributed by atoms with Crippen LogP contribution in [0.1, 0.15) is 15.9 Å². The molecule has 0 N–H and O–H groups in total. The maximum atomic E-state index is 11.0. The number of hydrogen-bond acceptors (Lipinski definition) is 2. The molecule has 1 aromatic carbocycles. The van der Waals surface area contributed by atoms with Crippen LogP contribution in [0.2, 0.25) is 0 Å². The van der Waals surface area contributed by atoms with Crippen LogP contribution >= 0.6 is 17.0 Å². The van der Waals surface area contributed by atoms with Crippen molar-refractivity contribution in [2.24, 2.45) is 0 Å². The lowest BCUT2D eigenvalue weighted by molar-refractivity contribution is 0.0601. The lowest BCUT2D eigenvalue weighted by atomic mass is 10.1. The third kappa shape index (κ3) is 3.34. The maximum absolute atomic E-state index is 11.0. The number of carbonyl (C=O) groups is 1. The van der Waals surface area contributed by atoms with Gasteiger partial charge in [0, 0.05) is 0 Å². The third-order valence-corrected chi connectivity index (χ3v) is 1.76. The van der Waals surface area contributed by atoms with E-state index in [1.807, 2.05) is 18.2 Å². The van der Waals surface area contributed by atoms with E-state index in [4.69, 9.17) is 0 Å². The molecule has 1 aromatic rings. The molecule has 0 fully saturated rings. The monoisotopic (exact) mass is 256 g/mol. The van der Waals surface area contributed by atoms with Crippen LogP contribution in [0.5, 0.6) is 0 Å². The predicted molar refractivity (Wildman–Crippen MR) is 62.0 cm³/mol. The Morgan fingerprint density at radius 1 is 1.43 bits per heavy atom. The van der Waals surface area contributed by atoms with Crippen LogP contribution in [0.25, 0.3) is 0 Å². The minimum absolute atomic E-state index is 0. The Kier molecular flexibility index (Phi) is 5.88. The number of ether oxygens (including phenoxy) is 1. The highest BCUT2D eigenvalue weighted by molar-refractivity contribution is 8.93. The van der Waals surface area contributed by atoms with Gasteiger partial charge in [0.2, 0.25) is 0 Å². The first kappa shape index (κ1) is 12.9. The molecule has 76 valence electrons. The van der Waals surface area contributed by atoms with Gasteiger partial charge in [0.15, 0.2) is 0 Å². The fourth-order valence-electron chi connectivity index (χ4n) is 1.06. The summed E-state index contributed by atoms with van der Waals surface area (Å²) in [5.41, 5.74) is 1.72. The molecule has 1 rings (SSSR count). The molecule has 0 radical (unpaired) electrons. The van der Waals surface area contributed by atoms with Crippen molar-refractivity contribution in [3.63, 3.8) is 0 Å². The second kappa shape index (κ2) is 6.38. The van der Waals surface area contributed by atoms with Gasteiger partial charge in [0.05, 0.1) is 12.7 Å². The highest BCUT2D eigenvalue weighted by Crippen LogP contribution is 2.06. The Morgan fingerprint density at radius 2 is 2.00 bits per heavy atom. The minimum atomic E-state index is -0.301. The van der Waals surface area contributed by atoms with E-state index >= 15 is 0 Å². The summed E-state index contributed by atoms with van der Waals surface area (Å²) in [5.74, 6) is -0.301. The molecule has 0 atom stereocenters. The van der Waals surface area contributed by atoms with Gasteiger partial charge in [-0.15, -0.1) is 23.6 Å². The summed E-state index contributed by atoms with van der Waals surface area (Å²) in [6, 6.07) is 7.30. The molecular weight excluding hydrogens is 244 g/mol. The summed E-state index contributed by atoms with van der Waals surface area (Å²) < 4.78 is 4.58. The van der Waals surface area contributed by atoms with Crippen molar-refractivity contribution in [1.82, 2.24) is 0 Å². The van der Waals surface area contributed by atoms with E-state index < -0.39 is 0 Å². The van der Waals surface area contributed by atoms with Crippen molar-refractivity contribution in [3.8, 4) is 0 Å². The van der Waals surface area contributed by atoms with Crippen LogP contribution in [0.4, 0.5) is 0 Å². The van der Waals surface area contributed by atoms with Crippen LogP contribution in [-0.2, 0) is 11.2 Å². The van der Waals surface area contributed by atoms with Crippen molar-refractivity contribution in [2.75, 3.05) is 7.11 Å². The molecule has 0 amide bonds. The Bertz CT molecular complexity index is 304. The lowest BCUT2D eigenvalue weighted by Crippen LogP contribution is -2.00. The van der Waals surface area contributed by atoms with Gasteiger partial charge in [-0.25, -0.2) is 4.79 Å². The molecule has 0 heterocycles.